The lowest BCUT2D eigenvalue weighted by atomic mass is 9.96. The summed E-state index contributed by atoms with van der Waals surface area (Å²) >= 11 is 0. The molecule has 0 aliphatic carbocycles. The number of piperidine rings is 1. The first-order chi connectivity index (χ1) is 21.4. The van der Waals surface area contributed by atoms with Crippen LogP contribution in [0.2, 0.25) is 0 Å². The highest BCUT2D eigenvalue weighted by molar-refractivity contribution is 6.00. The summed E-state index contributed by atoms with van der Waals surface area (Å²) in [5.74, 6) is 0.739. The molecule has 0 saturated carbocycles. The maximum Gasteiger partial charge on any atom is 0.253 e. The van der Waals surface area contributed by atoms with Crippen molar-refractivity contribution in [1.29, 1.82) is 0 Å². The number of hydrogen-bond donors (Lipinski definition) is 3. The van der Waals surface area contributed by atoms with Crippen molar-refractivity contribution in [2.24, 2.45) is 0 Å². The van der Waals surface area contributed by atoms with E-state index < -0.39 is 0 Å². The van der Waals surface area contributed by atoms with Crippen molar-refractivity contribution >= 4 is 34.4 Å². The van der Waals surface area contributed by atoms with Crippen LogP contribution in [-0.2, 0) is 6.54 Å². The van der Waals surface area contributed by atoms with E-state index in [-0.39, 0.29) is 17.9 Å². The van der Waals surface area contributed by atoms with Crippen molar-refractivity contribution in [3.05, 3.63) is 83.3 Å². The molecule has 2 aromatic heterocycles. The van der Waals surface area contributed by atoms with Crippen molar-refractivity contribution in [3.8, 4) is 0 Å². The van der Waals surface area contributed by atoms with E-state index in [4.69, 9.17) is 4.98 Å². The first kappa shape index (κ1) is 28.3. The van der Waals surface area contributed by atoms with Gasteiger partial charge in [-0.2, -0.15) is 0 Å². The third-order valence-electron chi connectivity index (χ3n) is 9.69. The van der Waals surface area contributed by atoms with Gasteiger partial charge in [-0.05, 0) is 87.2 Å². The van der Waals surface area contributed by atoms with Gasteiger partial charge in [-0.15, -0.1) is 0 Å². The number of aryl methyl sites for hydroxylation is 1. The zero-order valence-electron chi connectivity index (χ0n) is 25.4. The number of anilines is 2. The Morgan fingerprint density at radius 3 is 2.36 bits per heavy atom. The van der Waals surface area contributed by atoms with Gasteiger partial charge in [0.05, 0.1) is 22.9 Å². The number of imidazole rings is 1. The molecule has 3 atom stereocenters. The first-order valence-corrected chi connectivity index (χ1v) is 15.7. The molecule has 3 aliphatic heterocycles. The lowest BCUT2D eigenvalue weighted by Crippen LogP contribution is -2.50. The predicted octanol–water partition coefficient (Wildman–Crippen LogP) is 3.88. The third-order valence-corrected chi connectivity index (χ3v) is 9.69. The zero-order valence-corrected chi connectivity index (χ0v) is 25.4. The molecule has 3 aliphatic rings. The van der Waals surface area contributed by atoms with Gasteiger partial charge in [0.1, 0.15) is 5.82 Å². The number of carbonyl (C=O) groups is 2. The normalized spacial score (nSPS) is 21.9. The number of amides is 2. The molecule has 3 N–H and O–H groups in total. The van der Waals surface area contributed by atoms with Crippen molar-refractivity contribution < 1.29 is 9.59 Å². The summed E-state index contributed by atoms with van der Waals surface area (Å²) in [6.07, 6.45) is 7.25. The summed E-state index contributed by atoms with van der Waals surface area (Å²) < 4.78 is 0. The fraction of sp³-hybridized carbons (Fsp3) is 0.412. The Morgan fingerprint density at radius 2 is 1.66 bits per heavy atom. The molecule has 3 fully saturated rings. The van der Waals surface area contributed by atoms with Crippen molar-refractivity contribution in [2.75, 3.05) is 43.0 Å². The summed E-state index contributed by atoms with van der Waals surface area (Å²) in [7, 11) is 2.16. The van der Waals surface area contributed by atoms with Crippen molar-refractivity contribution in [1.82, 2.24) is 30.5 Å². The van der Waals surface area contributed by atoms with Crippen molar-refractivity contribution in [2.45, 2.75) is 57.3 Å². The van der Waals surface area contributed by atoms with Crippen LogP contribution < -0.4 is 20.4 Å². The van der Waals surface area contributed by atoms with E-state index in [1.54, 1.807) is 12.5 Å². The van der Waals surface area contributed by atoms with Gasteiger partial charge in [0.2, 0.25) is 0 Å². The molecule has 2 aromatic carbocycles. The highest BCUT2D eigenvalue weighted by atomic mass is 16.2. The minimum Gasteiger partial charge on any atom is -0.369 e. The van der Waals surface area contributed by atoms with Crippen LogP contribution in [0.15, 0.2) is 61.1 Å². The third kappa shape index (κ3) is 5.61. The Balaban J connectivity index is 0.928. The second-order valence-electron chi connectivity index (χ2n) is 12.5. The monoisotopic (exact) mass is 592 g/mol. The number of H-pyrrole nitrogens is 1. The van der Waals surface area contributed by atoms with E-state index in [1.807, 2.05) is 31.2 Å². The van der Waals surface area contributed by atoms with Crippen molar-refractivity contribution in [3.63, 3.8) is 0 Å². The second kappa shape index (κ2) is 11.9. The van der Waals surface area contributed by atoms with Gasteiger partial charge in [-0.3, -0.25) is 9.59 Å². The number of pyridine rings is 1. The van der Waals surface area contributed by atoms with Crippen LogP contribution >= 0.6 is 0 Å². The van der Waals surface area contributed by atoms with Crippen LogP contribution in [0.5, 0.6) is 0 Å². The summed E-state index contributed by atoms with van der Waals surface area (Å²) in [4.78, 5) is 45.5. The number of aromatic amines is 1. The van der Waals surface area contributed by atoms with Crippen LogP contribution in [0, 0.1) is 6.92 Å². The van der Waals surface area contributed by atoms with Crippen LogP contribution in [-0.4, -0.2) is 83.0 Å². The summed E-state index contributed by atoms with van der Waals surface area (Å²) in [5, 5.41) is 6.34. The topological polar surface area (TPSA) is 109 Å². The van der Waals surface area contributed by atoms with Gasteiger partial charge in [0, 0.05) is 68.3 Å². The largest absolute Gasteiger partial charge is 0.369 e. The minimum absolute atomic E-state index is 0.0373. The molecule has 7 rings (SSSR count). The average Bonchev–Trinajstić information content (AvgIpc) is 3.63. The number of nitrogens with zero attached hydrogens (tertiary/aromatic N) is 5. The number of piperazine rings is 1. The number of likely N-dealkylation sites (N-methyl/N-ethyl adjacent to an activating group) is 1. The predicted molar refractivity (Wildman–Crippen MR) is 172 cm³/mol. The molecule has 10 nitrogen and oxygen atoms in total. The molecule has 0 spiro atoms. The van der Waals surface area contributed by atoms with Gasteiger partial charge < -0.3 is 30.3 Å². The van der Waals surface area contributed by atoms with Crippen LogP contribution in [0.3, 0.4) is 0 Å². The molecule has 228 valence electrons. The minimum atomic E-state index is -0.125. The Bertz CT molecular complexity index is 1630. The van der Waals surface area contributed by atoms with E-state index in [1.165, 1.54) is 5.69 Å². The van der Waals surface area contributed by atoms with E-state index in [2.05, 4.69) is 66.6 Å². The van der Waals surface area contributed by atoms with Gasteiger partial charge in [-0.25, -0.2) is 9.97 Å². The summed E-state index contributed by atoms with van der Waals surface area (Å²) in [6.45, 7) is 6.65. The molecule has 44 heavy (non-hydrogen) atoms. The van der Waals surface area contributed by atoms with E-state index in [9.17, 15) is 9.59 Å². The number of aromatic nitrogens is 3. The summed E-state index contributed by atoms with van der Waals surface area (Å²) in [6, 6.07) is 16.9. The Labute approximate surface area is 257 Å². The molecule has 5 heterocycles. The molecule has 0 radical (unpaired) electrons. The van der Waals surface area contributed by atoms with Crippen LogP contribution in [0.25, 0.3) is 11.0 Å². The van der Waals surface area contributed by atoms with Crippen LogP contribution in [0.1, 0.15) is 57.5 Å². The standard InChI is InChI=1S/C34H40N8O2/c1-22-29(10-11-30-32(22)38-21-37-30)34(44)39-25-17-27-8-9-28(18-25)42(27)31-12-5-24(20-35-31)33(43)36-19-23-3-6-26(7-4-23)41-15-13-40(2)14-16-41/h3-7,10-12,20-21,25,27-28H,8-9,13-19H2,1-2H3,(H,36,43)(H,37,38)(H,39,44)/t25?,27-,28+. The maximum atomic E-state index is 13.2. The smallest absolute Gasteiger partial charge is 0.253 e. The Hall–Kier alpha value is -4.44. The molecule has 10 heteroatoms. The lowest BCUT2D eigenvalue weighted by molar-refractivity contribution is 0.0924. The van der Waals surface area contributed by atoms with Crippen LogP contribution in [0.4, 0.5) is 11.5 Å². The maximum absolute atomic E-state index is 13.2. The quantitative estimate of drug-likeness (QED) is 0.299. The van der Waals surface area contributed by atoms with E-state index in [0.29, 0.717) is 29.8 Å². The molecular formula is C34H40N8O2. The summed E-state index contributed by atoms with van der Waals surface area (Å²) in [5.41, 5.74) is 6.21. The first-order valence-electron chi connectivity index (χ1n) is 15.7. The number of carbonyl (C=O) groups excluding carboxylic acids is 2. The fourth-order valence-electron chi connectivity index (χ4n) is 7.17. The fourth-order valence-corrected chi connectivity index (χ4v) is 7.17. The lowest BCUT2D eigenvalue weighted by Gasteiger charge is -2.40. The van der Waals surface area contributed by atoms with Gasteiger partial charge >= 0.3 is 0 Å². The highest BCUT2D eigenvalue weighted by Gasteiger charge is 2.42. The number of fused-ring (bicyclic) bond motifs is 3. The molecule has 2 amide bonds. The number of benzene rings is 2. The van der Waals surface area contributed by atoms with E-state index in [0.717, 1.165) is 79.8 Å². The van der Waals surface area contributed by atoms with Gasteiger partial charge in [-0.1, -0.05) is 12.1 Å². The Morgan fingerprint density at radius 1 is 0.909 bits per heavy atom. The van der Waals surface area contributed by atoms with Gasteiger partial charge in [0.25, 0.3) is 11.8 Å². The molecule has 2 bridgehead atoms. The number of rotatable bonds is 7. The Kier molecular flexibility index (Phi) is 7.68. The second-order valence-corrected chi connectivity index (χ2v) is 12.5. The highest BCUT2D eigenvalue weighted by Crippen LogP contribution is 2.38. The molecule has 1 unspecified atom stereocenters. The molecule has 3 saturated heterocycles. The number of hydrogen-bond acceptors (Lipinski definition) is 7. The van der Waals surface area contributed by atoms with E-state index >= 15 is 0 Å². The molecule has 4 aromatic rings. The number of nitrogens with one attached hydrogen (secondary N) is 3. The van der Waals surface area contributed by atoms with Gasteiger partial charge in [0.15, 0.2) is 0 Å². The molecular weight excluding hydrogens is 552 g/mol. The average molecular weight is 593 g/mol. The SMILES string of the molecule is Cc1c(C(=O)NC2C[C@H]3CC[C@@H](C2)N3c2ccc(C(=O)NCc3ccc(N4CCN(C)CC4)cc3)cn2)ccc2[nH]cnc12. The zero-order chi connectivity index (χ0) is 30.2.